The van der Waals surface area contributed by atoms with Crippen molar-refractivity contribution in [3.8, 4) is 11.4 Å². The normalized spacial score (nSPS) is 23.9. The summed E-state index contributed by atoms with van der Waals surface area (Å²) in [6.07, 6.45) is 4.96. The molecule has 3 atom stereocenters. The molecule has 2 aliphatic rings. The fourth-order valence-corrected chi connectivity index (χ4v) is 5.24. The summed E-state index contributed by atoms with van der Waals surface area (Å²) < 4.78 is 0. The lowest BCUT2D eigenvalue weighted by molar-refractivity contribution is 0.0923. The zero-order valence-electron chi connectivity index (χ0n) is 14.6. The molecule has 3 unspecified atom stereocenters. The van der Waals surface area contributed by atoms with Gasteiger partial charge in [0.1, 0.15) is 5.82 Å². The van der Waals surface area contributed by atoms with Gasteiger partial charge in [0.25, 0.3) is 5.91 Å². The fourth-order valence-electron chi connectivity index (χ4n) is 4.67. The van der Waals surface area contributed by atoms with Crippen molar-refractivity contribution < 1.29 is 4.79 Å². The Morgan fingerprint density at radius 1 is 1.11 bits per heavy atom. The van der Waals surface area contributed by atoms with Crippen molar-refractivity contribution in [3.63, 3.8) is 0 Å². The highest BCUT2D eigenvalue weighted by atomic mass is 35.5. The van der Waals surface area contributed by atoms with Gasteiger partial charge in [-0.05, 0) is 61.4 Å². The number of hydrogen-bond donors (Lipinski definition) is 2. The second kappa shape index (κ2) is 6.54. The summed E-state index contributed by atoms with van der Waals surface area (Å²) in [7, 11) is 0. The summed E-state index contributed by atoms with van der Waals surface area (Å²) in [5, 5.41) is 4.31. The van der Waals surface area contributed by atoms with E-state index in [1.54, 1.807) is 18.2 Å². The van der Waals surface area contributed by atoms with Gasteiger partial charge in [0.05, 0.1) is 26.6 Å². The third kappa shape index (κ3) is 3.01. The second-order valence-electron chi connectivity index (χ2n) is 7.67. The number of carbonyl (C=O) groups is 1. The van der Waals surface area contributed by atoms with Crippen molar-refractivity contribution in [3.05, 3.63) is 52.0 Å². The van der Waals surface area contributed by atoms with Crippen LogP contribution in [0.15, 0.2) is 36.4 Å². The van der Waals surface area contributed by atoms with Gasteiger partial charge in [-0.3, -0.25) is 4.79 Å². The molecule has 27 heavy (non-hydrogen) atoms. The molecular weight excluding hydrogens is 381 g/mol. The first-order valence-corrected chi connectivity index (χ1v) is 10.1. The number of aromatic nitrogens is 2. The Hall–Kier alpha value is -2.04. The van der Waals surface area contributed by atoms with Gasteiger partial charge in [-0.2, -0.15) is 0 Å². The fraction of sp³-hybridized carbons (Fsp3) is 0.333. The number of fused-ring (bicyclic) bond motifs is 3. The number of benzene rings is 2. The quantitative estimate of drug-likeness (QED) is 0.614. The molecule has 2 aromatic carbocycles. The van der Waals surface area contributed by atoms with Gasteiger partial charge in [-0.15, -0.1) is 0 Å². The van der Waals surface area contributed by atoms with Crippen LogP contribution in [0.2, 0.25) is 10.0 Å². The number of imidazole rings is 1. The first kappa shape index (κ1) is 17.1. The van der Waals surface area contributed by atoms with Crippen LogP contribution in [0.5, 0.6) is 0 Å². The Balaban J connectivity index is 1.43. The SMILES string of the molecule is O=C(NC1CC2CCC1C2)c1ccc2nc(-c3c(Cl)cccc3Cl)[nH]c2c1. The summed E-state index contributed by atoms with van der Waals surface area (Å²) in [6.45, 7) is 0. The third-order valence-electron chi connectivity index (χ3n) is 6.00. The lowest BCUT2D eigenvalue weighted by Gasteiger charge is -2.22. The van der Waals surface area contributed by atoms with Crippen LogP contribution in [-0.2, 0) is 0 Å². The highest BCUT2D eigenvalue weighted by molar-refractivity contribution is 6.39. The number of aromatic amines is 1. The molecule has 0 saturated heterocycles. The van der Waals surface area contributed by atoms with Crippen LogP contribution in [0.4, 0.5) is 0 Å². The molecule has 3 aromatic rings. The zero-order chi connectivity index (χ0) is 18.5. The Morgan fingerprint density at radius 3 is 2.63 bits per heavy atom. The van der Waals surface area contributed by atoms with E-state index in [4.69, 9.17) is 23.2 Å². The van der Waals surface area contributed by atoms with Gasteiger partial charge < -0.3 is 10.3 Å². The highest BCUT2D eigenvalue weighted by Gasteiger charge is 2.40. The number of amides is 1. The molecule has 0 spiro atoms. The van der Waals surface area contributed by atoms with Gasteiger partial charge in [-0.1, -0.05) is 35.7 Å². The maximum atomic E-state index is 12.7. The van der Waals surface area contributed by atoms with Crippen LogP contribution in [0.3, 0.4) is 0 Å². The predicted octanol–water partition coefficient (Wildman–Crippen LogP) is 5.46. The van der Waals surface area contributed by atoms with E-state index in [2.05, 4.69) is 15.3 Å². The van der Waals surface area contributed by atoms with Crippen LogP contribution >= 0.6 is 23.2 Å². The molecule has 138 valence electrons. The van der Waals surface area contributed by atoms with Crippen molar-refractivity contribution in [1.82, 2.24) is 15.3 Å². The number of hydrogen-bond acceptors (Lipinski definition) is 2. The Labute approximate surface area is 167 Å². The van der Waals surface area contributed by atoms with Crippen LogP contribution in [-0.4, -0.2) is 21.9 Å². The minimum absolute atomic E-state index is 0.0126. The molecule has 0 aliphatic heterocycles. The van der Waals surface area contributed by atoms with E-state index in [-0.39, 0.29) is 5.91 Å². The lowest BCUT2D eigenvalue weighted by Crippen LogP contribution is -2.38. The topological polar surface area (TPSA) is 57.8 Å². The predicted molar refractivity (Wildman–Crippen MR) is 108 cm³/mol. The average molecular weight is 400 g/mol. The molecule has 4 nitrogen and oxygen atoms in total. The number of H-pyrrole nitrogens is 1. The van der Waals surface area contributed by atoms with Crippen LogP contribution in [0.1, 0.15) is 36.0 Å². The van der Waals surface area contributed by atoms with Crippen LogP contribution < -0.4 is 5.32 Å². The van der Waals surface area contributed by atoms with Gasteiger partial charge in [-0.25, -0.2) is 4.98 Å². The molecule has 6 heteroatoms. The van der Waals surface area contributed by atoms with E-state index in [9.17, 15) is 4.79 Å². The van der Waals surface area contributed by atoms with Crippen LogP contribution in [0, 0.1) is 11.8 Å². The van der Waals surface area contributed by atoms with E-state index in [1.807, 2.05) is 18.2 Å². The number of halogens is 2. The minimum Gasteiger partial charge on any atom is -0.349 e. The van der Waals surface area contributed by atoms with Crippen molar-refractivity contribution in [2.45, 2.75) is 31.7 Å². The molecule has 2 N–H and O–H groups in total. The first-order chi connectivity index (χ1) is 13.1. The first-order valence-electron chi connectivity index (χ1n) is 9.33. The molecule has 2 saturated carbocycles. The molecule has 1 amide bonds. The highest BCUT2D eigenvalue weighted by Crippen LogP contribution is 2.44. The second-order valence-corrected chi connectivity index (χ2v) is 8.48. The van der Waals surface area contributed by atoms with E-state index in [0.717, 1.165) is 23.4 Å². The molecule has 2 aliphatic carbocycles. The Bertz CT molecular complexity index is 1020. The van der Waals surface area contributed by atoms with Gasteiger partial charge in [0.15, 0.2) is 0 Å². The summed E-state index contributed by atoms with van der Waals surface area (Å²) in [5.74, 6) is 2.05. The molecular formula is C21H19Cl2N3O. The zero-order valence-corrected chi connectivity index (χ0v) is 16.1. The molecule has 0 radical (unpaired) electrons. The van der Waals surface area contributed by atoms with Gasteiger partial charge in [0, 0.05) is 11.6 Å². The maximum absolute atomic E-state index is 12.7. The van der Waals surface area contributed by atoms with Crippen molar-refractivity contribution in [2.24, 2.45) is 11.8 Å². The molecule has 1 aromatic heterocycles. The summed E-state index contributed by atoms with van der Waals surface area (Å²) in [6, 6.07) is 11.2. The van der Waals surface area contributed by atoms with E-state index < -0.39 is 0 Å². The Morgan fingerprint density at radius 2 is 1.93 bits per heavy atom. The standard InChI is InChI=1S/C21H19Cl2N3O/c22-14-2-1-3-15(23)19(14)20-24-16-7-6-13(10-18(16)25-20)21(27)26-17-9-11-4-5-12(17)8-11/h1-3,6-7,10-12,17H,4-5,8-9H2,(H,24,25)(H,26,27). The van der Waals surface area contributed by atoms with E-state index in [1.165, 1.54) is 19.3 Å². The van der Waals surface area contributed by atoms with Crippen molar-refractivity contribution >= 4 is 40.1 Å². The maximum Gasteiger partial charge on any atom is 0.251 e. The monoisotopic (exact) mass is 399 g/mol. The molecule has 2 bridgehead atoms. The summed E-state index contributed by atoms with van der Waals surface area (Å²) in [5.41, 5.74) is 2.88. The van der Waals surface area contributed by atoms with E-state index in [0.29, 0.717) is 39.0 Å². The lowest BCUT2D eigenvalue weighted by atomic mass is 9.95. The summed E-state index contributed by atoms with van der Waals surface area (Å²) >= 11 is 12.6. The molecule has 1 heterocycles. The number of rotatable bonds is 3. The minimum atomic E-state index is -0.0126. The van der Waals surface area contributed by atoms with Gasteiger partial charge >= 0.3 is 0 Å². The van der Waals surface area contributed by atoms with Gasteiger partial charge in [0.2, 0.25) is 0 Å². The van der Waals surface area contributed by atoms with Crippen molar-refractivity contribution in [1.29, 1.82) is 0 Å². The smallest absolute Gasteiger partial charge is 0.251 e. The third-order valence-corrected chi connectivity index (χ3v) is 6.63. The number of carbonyl (C=O) groups excluding carboxylic acids is 1. The van der Waals surface area contributed by atoms with Crippen LogP contribution in [0.25, 0.3) is 22.4 Å². The molecule has 2 fully saturated rings. The molecule has 5 rings (SSSR count). The number of nitrogens with one attached hydrogen (secondary N) is 2. The number of nitrogens with zero attached hydrogens (tertiary/aromatic N) is 1. The van der Waals surface area contributed by atoms with Crippen molar-refractivity contribution in [2.75, 3.05) is 0 Å². The Kier molecular flexibility index (Phi) is 4.14. The average Bonchev–Trinajstić information content (AvgIpc) is 3.35. The van der Waals surface area contributed by atoms with E-state index >= 15 is 0 Å². The largest absolute Gasteiger partial charge is 0.349 e. The summed E-state index contributed by atoms with van der Waals surface area (Å²) in [4.78, 5) is 20.6.